The molecule has 5 heteroatoms. The number of nitrogens with zero attached hydrogens (tertiary/aromatic N) is 2. The zero-order chi connectivity index (χ0) is 9.84. The standard InChI is InChI=1S/C8H8Cl2N2O/c1-2-3-6-11-4-5(8(10)13)7(9)12-6/h4H,2-3H2,1H3. The summed E-state index contributed by atoms with van der Waals surface area (Å²) < 4.78 is 0. The zero-order valence-electron chi connectivity index (χ0n) is 7.05. The van der Waals surface area contributed by atoms with E-state index >= 15 is 0 Å². The van der Waals surface area contributed by atoms with Gasteiger partial charge < -0.3 is 0 Å². The van der Waals surface area contributed by atoms with Gasteiger partial charge in [-0.2, -0.15) is 0 Å². The van der Waals surface area contributed by atoms with E-state index in [9.17, 15) is 4.79 Å². The van der Waals surface area contributed by atoms with Crippen molar-refractivity contribution in [3.8, 4) is 0 Å². The van der Waals surface area contributed by atoms with Gasteiger partial charge in [-0.05, 0) is 18.0 Å². The fourth-order valence-electron chi connectivity index (χ4n) is 0.871. The molecule has 0 unspecified atom stereocenters. The van der Waals surface area contributed by atoms with E-state index in [0.29, 0.717) is 5.82 Å². The van der Waals surface area contributed by atoms with Gasteiger partial charge in [-0.1, -0.05) is 18.5 Å². The Labute approximate surface area is 86.1 Å². The third-order valence-electron chi connectivity index (χ3n) is 1.48. The summed E-state index contributed by atoms with van der Waals surface area (Å²) in [5.74, 6) is 0.633. The average Bonchev–Trinajstić information content (AvgIpc) is 2.04. The van der Waals surface area contributed by atoms with Crippen molar-refractivity contribution < 1.29 is 4.79 Å². The Balaban J connectivity index is 2.98. The SMILES string of the molecule is CCCc1ncc(C(=O)Cl)c(Cl)n1. The first kappa shape index (κ1) is 10.4. The quantitative estimate of drug-likeness (QED) is 0.579. The number of rotatable bonds is 3. The van der Waals surface area contributed by atoms with Gasteiger partial charge >= 0.3 is 0 Å². The van der Waals surface area contributed by atoms with Gasteiger partial charge in [0, 0.05) is 12.6 Å². The van der Waals surface area contributed by atoms with Gasteiger partial charge in [-0.3, -0.25) is 4.79 Å². The van der Waals surface area contributed by atoms with Crippen LogP contribution in [0.5, 0.6) is 0 Å². The predicted molar refractivity (Wildman–Crippen MR) is 51.2 cm³/mol. The lowest BCUT2D eigenvalue weighted by Gasteiger charge is -1.99. The first-order valence-corrected chi connectivity index (χ1v) is 4.62. The molecule has 0 bridgehead atoms. The maximum Gasteiger partial charge on any atom is 0.257 e. The van der Waals surface area contributed by atoms with Gasteiger partial charge in [0.05, 0.1) is 5.56 Å². The summed E-state index contributed by atoms with van der Waals surface area (Å²) in [7, 11) is 0. The molecular formula is C8H8Cl2N2O. The Kier molecular flexibility index (Phi) is 3.63. The summed E-state index contributed by atoms with van der Waals surface area (Å²) >= 11 is 10.9. The topological polar surface area (TPSA) is 42.9 Å². The summed E-state index contributed by atoms with van der Waals surface area (Å²) in [4.78, 5) is 18.6. The monoisotopic (exact) mass is 218 g/mol. The van der Waals surface area contributed by atoms with Gasteiger partial charge in [0.25, 0.3) is 5.24 Å². The van der Waals surface area contributed by atoms with Crippen molar-refractivity contribution >= 4 is 28.4 Å². The Morgan fingerprint density at radius 2 is 2.31 bits per heavy atom. The minimum absolute atomic E-state index is 0.124. The van der Waals surface area contributed by atoms with E-state index in [1.165, 1.54) is 6.20 Å². The van der Waals surface area contributed by atoms with Crippen LogP contribution in [0.4, 0.5) is 0 Å². The van der Waals surface area contributed by atoms with Crippen molar-refractivity contribution in [1.29, 1.82) is 0 Å². The van der Waals surface area contributed by atoms with Gasteiger partial charge in [-0.15, -0.1) is 0 Å². The summed E-state index contributed by atoms with van der Waals surface area (Å²) in [6.07, 6.45) is 3.04. The lowest BCUT2D eigenvalue weighted by Crippen LogP contribution is -2.00. The number of carbonyl (C=O) groups excluding carboxylic acids is 1. The van der Waals surface area contributed by atoms with Crippen LogP contribution in [0.2, 0.25) is 5.15 Å². The highest BCUT2D eigenvalue weighted by Gasteiger charge is 2.09. The molecule has 0 aliphatic carbocycles. The largest absolute Gasteiger partial charge is 0.275 e. The minimum atomic E-state index is -0.631. The molecule has 13 heavy (non-hydrogen) atoms. The second-order valence-electron chi connectivity index (χ2n) is 2.51. The third-order valence-corrected chi connectivity index (χ3v) is 1.97. The summed E-state index contributed by atoms with van der Waals surface area (Å²) in [5, 5.41) is -0.508. The molecule has 0 aliphatic heterocycles. The van der Waals surface area contributed by atoms with Crippen LogP contribution in [0, 0.1) is 0 Å². The van der Waals surface area contributed by atoms with Crippen LogP contribution < -0.4 is 0 Å². The third kappa shape index (κ3) is 2.64. The molecule has 0 amide bonds. The highest BCUT2D eigenvalue weighted by molar-refractivity contribution is 6.68. The van der Waals surface area contributed by atoms with E-state index in [0.717, 1.165) is 12.8 Å². The van der Waals surface area contributed by atoms with Crippen LogP contribution >= 0.6 is 23.2 Å². The number of aryl methyl sites for hydroxylation is 1. The summed E-state index contributed by atoms with van der Waals surface area (Å²) in [5.41, 5.74) is 0.156. The van der Waals surface area contributed by atoms with E-state index in [1.807, 2.05) is 6.92 Å². The van der Waals surface area contributed by atoms with Gasteiger partial charge in [0.15, 0.2) is 0 Å². The number of hydrogen-bond donors (Lipinski definition) is 0. The number of carbonyl (C=O) groups is 1. The van der Waals surface area contributed by atoms with Crippen molar-refractivity contribution in [3.63, 3.8) is 0 Å². The highest BCUT2D eigenvalue weighted by atomic mass is 35.5. The Morgan fingerprint density at radius 1 is 1.62 bits per heavy atom. The molecule has 0 aromatic carbocycles. The molecule has 0 spiro atoms. The van der Waals surface area contributed by atoms with Crippen molar-refractivity contribution in [3.05, 3.63) is 22.7 Å². The van der Waals surface area contributed by atoms with Crippen molar-refractivity contribution in [2.75, 3.05) is 0 Å². The van der Waals surface area contributed by atoms with E-state index in [4.69, 9.17) is 23.2 Å². The predicted octanol–water partition coefficient (Wildman–Crippen LogP) is 2.46. The number of aromatic nitrogens is 2. The Bertz CT molecular complexity index is 328. The average molecular weight is 219 g/mol. The smallest absolute Gasteiger partial charge is 0.257 e. The zero-order valence-corrected chi connectivity index (χ0v) is 8.56. The van der Waals surface area contributed by atoms with Gasteiger partial charge in [0.2, 0.25) is 0 Å². The number of hydrogen-bond acceptors (Lipinski definition) is 3. The molecule has 0 fully saturated rings. The summed E-state index contributed by atoms with van der Waals surface area (Å²) in [6.45, 7) is 2.01. The van der Waals surface area contributed by atoms with Crippen LogP contribution in [0.15, 0.2) is 6.20 Å². The second kappa shape index (κ2) is 4.53. The molecule has 0 saturated heterocycles. The highest BCUT2D eigenvalue weighted by Crippen LogP contribution is 2.14. The molecule has 1 aromatic heterocycles. The van der Waals surface area contributed by atoms with Crippen molar-refractivity contribution in [2.45, 2.75) is 19.8 Å². The van der Waals surface area contributed by atoms with Crippen LogP contribution in [0.1, 0.15) is 29.5 Å². The first-order valence-electron chi connectivity index (χ1n) is 3.86. The fraction of sp³-hybridized carbons (Fsp3) is 0.375. The molecule has 70 valence electrons. The van der Waals surface area contributed by atoms with Crippen molar-refractivity contribution in [1.82, 2.24) is 9.97 Å². The molecule has 3 nitrogen and oxygen atoms in total. The van der Waals surface area contributed by atoms with Crippen LogP contribution in [0.25, 0.3) is 0 Å². The minimum Gasteiger partial charge on any atom is -0.275 e. The van der Waals surface area contributed by atoms with Crippen molar-refractivity contribution in [2.24, 2.45) is 0 Å². The van der Waals surface area contributed by atoms with E-state index in [1.54, 1.807) is 0 Å². The van der Waals surface area contributed by atoms with Gasteiger partial charge in [0.1, 0.15) is 11.0 Å². The van der Waals surface area contributed by atoms with Gasteiger partial charge in [-0.25, -0.2) is 9.97 Å². The molecule has 0 radical (unpaired) electrons. The van der Waals surface area contributed by atoms with Crippen LogP contribution in [0.3, 0.4) is 0 Å². The maximum atomic E-state index is 10.7. The lowest BCUT2D eigenvalue weighted by atomic mass is 10.3. The lowest BCUT2D eigenvalue weighted by molar-refractivity contribution is 0.108. The molecule has 1 heterocycles. The van der Waals surface area contributed by atoms with E-state index in [-0.39, 0.29) is 10.7 Å². The molecule has 0 aliphatic rings. The summed E-state index contributed by atoms with van der Waals surface area (Å²) in [6, 6.07) is 0. The normalized spacial score (nSPS) is 10.1. The van der Waals surface area contributed by atoms with Crippen LogP contribution in [-0.4, -0.2) is 15.2 Å². The Morgan fingerprint density at radius 3 is 2.77 bits per heavy atom. The molecule has 0 N–H and O–H groups in total. The van der Waals surface area contributed by atoms with E-state index < -0.39 is 5.24 Å². The first-order chi connectivity index (χ1) is 6.15. The molecule has 0 saturated carbocycles. The molecule has 1 rings (SSSR count). The van der Waals surface area contributed by atoms with Crippen LogP contribution in [-0.2, 0) is 6.42 Å². The fourth-order valence-corrected chi connectivity index (χ4v) is 1.29. The number of halogens is 2. The Hall–Kier alpha value is -0.670. The molecule has 1 aromatic rings. The molecule has 0 atom stereocenters. The van der Waals surface area contributed by atoms with E-state index in [2.05, 4.69) is 9.97 Å². The maximum absolute atomic E-state index is 10.7. The second-order valence-corrected chi connectivity index (χ2v) is 3.22. The molecular weight excluding hydrogens is 211 g/mol.